The van der Waals surface area contributed by atoms with Gasteiger partial charge in [0.2, 0.25) is 5.91 Å². The van der Waals surface area contributed by atoms with Crippen LogP contribution < -0.4 is 15.4 Å². The molecule has 0 heterocycles. The Kier molecular flexibility index (Phi) is 8.99. The van der Waals surface area contributed by atoms with Gasteiger partial charge in [-0.05, 0) is 60.5 Å². The van der Waals surface area contributed by atoms with Crippen LogP contribution in [0.3, 0.4) is 0 Å². The van der Waals surface area contributed by atoms with Gasteiger partial charge in [0.05, 0.1) is 6.61 Å². The van der Waals surface area contributed by atoms with E-state index in [-0.39, 0.29) is 30.7 Å². The zero-order valence-electron chi connectivity index (χ0n) is 18.4. The molecule has 0 aliphatic heterocycles. The first-order valence-corrected chi connectivity index (χ1v) is 11.3. The first-order valence-electron chi connectivity index (χ1n) is 10.5. The zero-order valence-corrected chi connectivity index (χ0v) is 20.0. The van der Waals surface area contributed by atoms with Gasteiger partial charge in [-0.15, -0.1) is 0 Å². The Morgan fingerprint density at radius 3 is 2.38 bits per heavy atom. The molecule has 2 amide bonds. The van der Waals surface area contributed by atoms with Crippen molar-refractivity contribution >= 4 is 45.7 Å². The van der Waals surface area contributed by atoms with Crippen molar-refractivity contribution in [1.82, 2.24) is 5.32 Å². The van der Waals surface area contributed by atoms with Gasteiger partial charge >= 0.3 is 6.16 Å². The molecule has 8 heteroatoms. The van der Waals surface area contributed by atoms with E-state index >= 15 is 0 Å². The molecule has 0 aliphatic carbocycles. The van der Waals surface area contributed by atoms with Gasteiger partial charge in [-0.25, -0.2) is 4.79 Å². The highest BCUT2D eigenvalue weighted by Gasteiger charge is 2.11. The Hall–Kier alpha value is -3.91. The third kappa shape index (κ3) is 7.31. The summed E-state index contributed by atoms with van der Waals surface area (Å²) >= 11 is 3.44. The molecule has 2 N–H and O–H groups in total. The topological polar surface area (TPSA) is 93.7 Å². The summed E-state index contributed by atoms with van der Waals surface area (Å²) in [5.41, 5.74) is 2.60. The van der Waals surface area contributed by atoms with E-state index in [2.05, 4.69) is 26.6 Å². The molecule has 0 saturated carbocycles. The monoisotopic (exact) mass is 522 g/mol. The fourth-order valence-corrected chi connectivity index (χ4v) is 3.34. The largest absolute Gasteiger partial charge is 0.513 e. The summed E-state index contributed by atoms with van der Waals surface area (Å²) in [5.74, 6) is -0.321. The number of nitrogens with one attached hydrogen (secondary N) is 2. The number of ether oxygens (including phenoxy) is 2. The van der Waals surface area contributed by atoms with Gasteiger partial charge in [0, 0.05) is 28.3 Å². The molecule has 0 radical (unpaired) electrons. The van der Waals surface area contributed by atoms with Gasteiger partial charge < -0.3 is 20.1 Å². The van der Waals surface area contributed by atoms with Crippen molar-refractivity contribution < 1.29 is 23.9 Å². The van der Waals surface area contributed by atoms with Gasteiger partial charge in [0.15, 0.2) is 0 Å². The number of benzene rings is 3. The second-order valence-electron chi connectivity index (χ2n) is 6.99. The summed E-state index contributed by atoms with van der Waals surface area (Å²) < 4.78 is 10.6. The lowest BCUT2D eigenvalue weighted by Crippen LogP contribution is -2.22. The van der Waals surface area contributed by atoms with E-state index in [9.17, 15) is 14.4 Å². The number of carbonyl (C=O) groups is 3. The molecule has 0 fully saturated rings. The van der Waals surface area contributed by atoms with Crippen molar-refractivity contribution in [3.63, 3.8) is 0 Å². The van der Waals surface area contributed by atoms with E-state index in [1.807, 2.05) is 36.4 Å². The molecule has 7 nitrogen and oxygen atoms in total. The standard InChI is InChI=1S/C26H23BrN2O5/c1-2-33-26(32)34-21-14-11-19(12-15-21)25(31)29-23-10-6-4-8-20(23)17-28-24(30)16-13-18-7-3-5-9-22(18)27/h3-16H,2,17H2,1H3,(H,28,30)(H,29,31)/b16-13+. The van der Waals surface area contributed by atoms with Crippen LogP contribution >= 0.6 is 15.9 Å². The maximum absolute atomic E-state index is 12.7. The number of halogens is 1. The second-order valence-corrected chi connectivity index (χ2v) is 7.85. The SMILES string of the molecule is CCOC(=O)Oc1ccc(C(=O)Nc2ccccc2CNC(=O)/C=C/c2ccccc2Br)cc1. The van der Waals surface area contributed by atoms with Crippen molar-refractivity contribution in [2.45, 2.75) is 13.5 Å². The number of anilines is 1. The summed E-state index contributed by atoms with van der Waals surface area (Å²) in [5, 5.41) is 5.67. The normalized spacial score (nSPS) is 10.5. The third-order valence-electron chi connectivity index (χ3n) is 4.62. The fraction of sp³-hybridized carbons (Fsp3) is 0.115. The Morgan fingerprint density at radius 2 is 1.65 bits per heavy atom. The average molecular weight is 523 g/mol. The molecule has 0 unspecified atom stereocenters. The van der Waals surface area contributed by atoms with Crippen LogP contribution in [0.4, 0.5) is 10.5 Å². The zero-order chi connectivity index (χ0) is 24.3. The summed E-state index contributed by atoms with van der Waals surface area (Å²) in [6.07, 6.45) is 2.38. The molecule has 0 atom stereocenters. The maximum atomic E-state index is 12.7. The highest BCUT2D eigenvalue weighted by Crippen LogP contribution is 2.19. The van der Waals surface area contributed by atoms with Gasteiger partial charge in [-0.3, -0.25) is 9.59 Å². The summed E-state index contributed by atoms with van der Waals surface area (Å²) in [6.45, 7) is 2.13. The first-order chi connectivity index (χ1) is 16.5. The molecule has 0 bridgehead atoms. The highest BCUT2D eigenvalue weighted by atomic mass is 79.9. The quantitative estimate of drug-likeness (QED) is 0.229. The highest BCUT2D eigenvalue weighted by molar-refractivity contribution is 9.10. The summed E-state index contributed by atoms with van der Waals surface area (Å²) in [4.78, 5) is 36.3. The molecular weight excluding hydrogens is 500 g/mol. The molecule has 0 aliphatic rings. The number of hydrogen-bond donors (Lipinski definition) is 2. The lowest BCUT2D eigenvalue weighted by atomic mass is 10.1. The van der Waals surface area contributed by atoms with Crippen molar-refractivity contribution in [1.29, 1.82) is 0 Å². The maximum Gasteiger partial charge on any atom is 0.513 e. The van der Waals surface area contributed by atoms with Gasteiger partial charge in [-0.1, -0.05) is 52.3 Å². The number of amides is 2. The van der Waals surface area contributed by atoms with Gasteiger partial charge in [0.1, 0.15) is 5.75 Å². The molecule has 3 aromatic carbocycles. The predicted octanol–water partition coefficient (Wildman–Crippen LogP) is 5.57. The Labute approximate surface area is 205 Å². The molecule has 34 heavy (non-hydrogen) atoms. The van der Waals surface area contributed by atoms with Crippen LogP contribution in [0.25, 0.3) is 6.08 Å². The fourth-order valence-electron chi connectivity index (χ4n) is 2.93. The molecule has 3 aromatic rings. The molecular formula is C26H23BrN2O5. The smallest absolute Gasteiger partial charge is 0.434 e. The lowest BCUT2D eigenvalue weighted by Gasteiger charge is -2.12. The Morgan fingerprint density at radius 1 is 0.941 bits per heavy atom. The minimum absolute atomic E-state index is 0.209. The van der Waals surface area contributed by atoms with Gasteiger partial charge in [-0.2, -0.15) is 0 Å². The van der Waals surface area contributed by atoms with E-state index in [0.717, 1.165) is 15.6 Å². The summed E-state index contributed by atoms with van der Waals surface area (Å²) in [7, 11) is 0. The Bertz CT molecular complexity index is 1190. The van der Waals surface area contributed by atoms with E-state index < -0.39 is 6.16 Å². The van der Waals surface area contributed by atoms with Crippen LogP contribution in [0.5, 0.6) is 5.75 Å². The number of hydrogen-bond acceptors (Lipinski definition) is 5. The molecule has 0 spiro atoms. The molecule has 0 saturated heterocycles. The minimum Gasteiger partial charge on any atom is -0.434 e. The third-order valence-corrected chi connectivity index (χ3v) is 5.34. The van der Waals surface area contributed by atoms with Crippen LogP contribution in [0.15, 0.2) is 83.3 Å². The number of para-hydroxylation sites is 1. The Balaban J connectivity index is 1.59. The average Bonchev–Trinajstić information content (AvgIpc) is 2.83. The van der Waals surface area contributed by atoms with E-state index in [1.165, 1.54) is 18.2 Å². The minimum atomic E-state index is -0.804. The van der Waals surface area contributed by atoms with Crippen LogP contribution in [0, 0.1) is 0 Å². The van der Waals surface area contributed by atoms with Crippen LogP contribution in [0.1, 0.15) is 28.4 Å². The van der Waals surface area contributed by atoms with Crippen molar-refractivity contribution in [2.75, 3.05) is 11.9 Å². The van der Waals surface area contributed by atoms with E-state index in [4.69, 9.17) is 9.47 Å². The molecule has 0 aromatic heterocycles. The van der Waals surface area contributed by atoms with E-state index in [1.54, 1.807) is 37.3 Å². The molecule has 174 valence electrons. The number of carbonyl (C=O) groups excluding carboxylic acids is 3. The van der Waals surface area contributed by atoms with Crippen LogP contribution in [-0.2, 0) is 16.1 Å². The summed E-state index contributed by atoms with van der Waals surface area (Å²) in [6, 6.07) is 20.9. The molecule has 3 rings (SSSR count). The van der Waals surface area contributed by atoms with Crippen LogP contribution in [-0.4, -0.2) is 24.6 Å². The van der Waals surface area contributed by atoms with Crippen molar-refractivity contribution in [3.05, 3.63) is 100 Å². The van der Waals surface area contributed by atoms with Gasteiger partial charge in [0.25, 0.3) is 5.91 Å². The van der Waals surface area contributed by atoms with E-state index in [0.29, 0.717) is 11.3 Å². The predicted molar refractivity (Wildman–Crippen MR) is 134 cm³/mol. The number of rotatable bonds is 8. The lowest BCUT2D eigenvalue weighted by molar-refractivity contribution is -0.116. The second kappa shape index (κ2) is 12.4. The first kappa shape index (κ1) is 24.7. The van der Waals surface area contributed by atoms with Crippen LogP contribution in [0.2, 0.25) is 0 Å². The van der Waals surface area contributed by atoms with Crippen molar-refractivity contribution in [3.8, 4) is 5.75 Å². The van der Waals surface area contributed by atoms with Crippen molar-refractivity contribution in [2.24, 2.45) is 0 Å².